The molecule has 0 saturated carbocycles. The summed E-state index contributed by atoms with van der Waals surface area (Å²) >= 11 is 0. The van der Waals surface area contributed by atoms with E-state index in [0.29, 0.717) is 22.7 Å². The highest BCUT2D eigenvalue weighted by Crippen LogP contribution is 2.29. The van der Waals surface area contributed by atoms with Crippen LogP contribution in [0.25, 0.3) is 22.2 Å². The van der Waals surface area contributed by atoms with Crippen LogP contribution in [0.15, 0.2) is 48.8 Å². The van der Waals surface area contributed by atoms with Crippen LogP contribution in [-0.4, -0.2) is 26.2 Å². The van der Waals surface area contributed by atoms with Gasteiger partial charge in [0.1, 0.15) is 11.6 Å². The maximum absolute atomic E-state index is 13.8. The van der Waals surface area contributed by atoms with Crippen LogP contribution in [0.3, 0.4) is 0 Å². The first kappa shape index (κ1) is 17.4. The average molecular weight is 377 g/mol. The van der Waals surface area contributed by atoms with E-state index in [9.17, 15) is 9.18 Å². The standard InChI is InChI=1S/C19H16FN7O/c1-10-2-4-12(20)14(8-10)24-19(28)25-15-5-3-11(9-23-15)17-16-13(6-7-22-17)26-27-18(16)21/h2-9H,1H3,(H3,21,26,27)(H2,23,24,25,28). The zero-order chi connectivity index (χ0) is 19.7. The topological polar surface area (TPSA) is 122 Å². The van der Waals surface area contributed by atoms with Crippen LogP contribution in [0.4, 0.5) is 26.5 Å². The monoisotopic (exact) mass is 377 g/mol. The molecule has 9 heteroatoms. The number of H-pyrrole nitrogens is 1. The van der Waals surface area contributed by atoms with E-state index in [4.69, 9.17) is 5.73 Å². The Hall–Kier alpha value is -4.01. The molecule has 5 N–H and O–H groups in total. The molecule has 3 heterocycles. The molecule has 1 aromatic carbocycles. The first-order valence-corrected chi connectivity index (χ1v) is 8.40. The van der Waals surface area contributed by atoms with Gasteiger partial charge < -0.3 is 11.1 Å². The highest BCUT2D eigenvalue weighted by Gasteiger charge is 2.12. The SMILES string of the molecule is Cc1ccc(F)c(NC(=O)Nc2ccc(-c3nccc4[nH]nc(N)c34)cn2)c1. The molecule has 0 unspecified atom stereocenters. The summed E-state index contributed by atoms with van der Waals surface area (Å²) in [4.78, 5) is 20.7. The van der Waals surface area contributed by atoms with Gasteiger partial charge in [0.25, 0.3) is 0 Å². The third kappa shape index (κ3) is 3.32. The summed E-state index contributed by atoms with van der Waals surface area (Å²) in [5.74, 6) is 0.141. The molecule has 140 valence electrons. The van der Waals surface area contributed by atoms with Gasteiger partial charge in [-0.1, -0.05) is 6.07 Å². The number of rotatable bonds is 3. The highest BCUT2D eigenvalue weighted by atomic mass is 19.1. The van der Waals surface area contributed by atoms with Gasteiger partial charge in [0.15, 0.2) is 5.82 Å². The molecule has 0 aliphatic carbocycles. The number of aryl methyl sites for hydroxylation is 1. The Labute approximate surface area is 159 Å². The second kappa shape index (κ2) is 6.95. The number of anilines is 3. The second-order valence-corrected chi connectivity index (χ2v) is 6.19. The van der Waals surface area contributed by atoms with Crippen molar-refractivity contribution in [1.29, 1.82) is 0 Å². The van der Waals surface area contributed by atoms with Crippen LogP contribution in [0.2, 0.25) is 0 Å². The van der Waals surface area contributed by atoms with Crippen LogP contribution in [0.1, 0.15) is 5.56 Å². The van der Waals surface area contributed by atoms with Crippen LogP contribution in [0.5, 0.6) is 0 Å². The fraction of sp³-hybridized carbons (Fsp3) is 0.0526. The molecule has 0 spiro atoms. The number of pyridine rings is 2. The van der Waals surface area contributed by atoms with Crippen molar-refractivity contribution >= 4 is 34.3 Å². The van der Waals surface area contributed by atoms with Crippen molar-refractivity contribution in [3.8, 4) is 11.3 Å². The molecule has 4 rings (SSSR count). The number of aromatic nitrogens is 4. The lowest BCUT2D eigenvalue weighted by Gasteiger charge is -2.09. The van der Waals surface area contributed by atoms with Crippen molar-refractivity contribution in [2.24, 2.45) is 0 Å². The minimum Gasteiger partial charge on any atom is -0.382 e. The minimum atomic E-state index is -0.593. The molecule has 0 radical (unpaired) electrons. The summed E-state index contributed by atoms with van der Waals surface area (Å²) in [5, 5.41) is 12.6. The molecule has 3 aromatic heterocycles. The molecule has 0 fully saturated rings. The van der Waals surface area contributed by atoms with E-state index in [1.165, 1.54) is 6.07 Å². The molecular formula is C19H16FN7O. The number of carbonyl (C=O) groups is 1. The lowest BCUT2D eigenvalue weighted by molar-refractivity contribution is 0.262. The highest BCUT2D eigenvalue weighted by molar-refractivity contribution is 6.00. The average Bonchev–Trinajstić information content (AvgIpc) is 3.07. The molecule has 2 amide bonds. The molecule has 8 nitrogen and oxygen atoms in total. The number of aromatic amines is 1. The molecule has 0 aliphatic rings. The normalized spacial score (nSPS) is 10.8. The van der Waals surface area contributed by atoms with E-state index in [-0.39, 0.29) is 5.69 Å². The van der Waals surface area contributed by atoms with Gasteiger partial charge in [0.05, 0.1) is 22.3 Å². The van der Waals surface area contributed by atoms with Crippen molar-refractivity contribution in [3.63, 3.8) is 0 Å². The Balaban J connectivity index is 1.52. The number of hydrogen-bond acceptors (Lipinski definition) is 5. The fourth-order valence-corrected chi connectivity index (χ4v) is 2.82. The molecule has 4 aromatic rings. The van der Waals surface area contributed by atoms with Crippen molar-refractivity contribution in [1.82, 2.24) is 20.2 Å². The van der Waals surface area contributed by atoms with Crippen LogP contribution < -0.4 is 16.4 Å². The molecule has 0 saturated heterocycles. The number of nitrogens with two attached hydrogens (primary N) is 1. The summed E-state index contributed by atoms with van der Waals surface area (Å²) in [6.07, 6.45) is 3.21. The van der Waals surface area contributed by atoms with Gasteiger partial charge in [-0.05, 0) is 42.8 Å². The first-order valence-electron chi connectivity index (χ1n) is 8.40. The van der Waals surface area contributed by atoms with E-state index < -0.39 is 11.8 Å². The maximum atomic E-state index is 13.8. The van der Waals surface area contributed by atoms with Gasteiger partial charge in [-0.3, -0.25) is 15.4 Å². The fourth-order valence-electron chi connectivity index (χ4n) is 2.82. The van der Waals surface area contributed by atoms with E-state index >= 15 is 0 Å². The Morgan fingerprint density at radius 2 is 2.00 bits per heavy atom. The third-order valence-corrected chi connectivity index (χ3v) is 4.15. The Morgan fingerprint density at radius 3 is 2.79 bits per heavy atom. The van der Waals surface area contributed by atoms with E-state index in [0.717, 1.165) is 16.6 Å². The van der Waals surface area contributed by atoms with Crippen molar-refractivity contribution in [2.75, 3.05) is 16.4 Å². The number of nitrogens with zero attached hydrogens (tertiary/aromatic N) is 3. The number of benzene rings is 1. The molecule has 28 heavy (non-hydrogen) atoms. The van der Waals surface area contributed by atoms with Crippen molar-refractivity contribution < 1.29 is 9.18 Å². The number of hydrogen-bond donors (Lipinski definition) is 4. The number of fused-ring (bicyclic) bond motifs is 1. The Kier molecular flexibility index (Phi) is 4.32. The lowest BCUT2D eigenvalue weighted by Crippen LogP contribution is -2.20. The third-order valence-electron chi connectivity index (χ3n) is 4.15. The van der Waals surface area contributed by atoms with Gasteiger partial charge in [-0.25, -0.2) is 14.2 Å². The second-order valence-electron chi connectivity index (χ2n) is 6.19. The number of nitrogen functional groups attached to an aromatic ring is 1. The van der Waals surface area contributed by atoms with E-state index in [1.54, 1.807) is 42.7 Å². The maximum Gasteiger partial charge on any atom is 0.324 e. The predicted octanol–water partition coefficient (Wildman–Crippen LogP) is 3.69. The first-order chi connectivity index (χ1) is 13.5. The Bertz CT molecular complexity index is 1170. The predicted molar refractivity (Wildman–Crippen MR) is 105 cm³/mol. The van der Waals surface area contributed by atoms with Crippen LogP contribution >= 0.6 is 0 Å². The summed E-state index contributed by atoms with van der Waals surface area (Å²) in [5.41, 5.74) is 8.96. The zero-order valence-electron chi connectivity index (χ0n) is 14.8. The number of carbonyl (C=O) groups excluding carboxylic acids is 1. The quantitative estimate of drug-likeness (QED) is 0.434. The number of nitrogens with one attached hydrogen (secondary N) is 3. The summed E-state index contributed by atoms with van der Waals surface area (Å²) < 4.78 is 13.8. The van der Waals surface area contributed by atoms with Crippen molar-refractivity contribution in [3.05, 3.63) is 60.2 Å². The van der Waals surface area contributed by atoms with Gasteiger partial charge >= 0.3 is 6.03 Å². The van der Waals surface area contributed by atoms with Crippen molar-refractivity contribution in [2.45, 2.75) is 6.92 Å². The summed E-state index contributed by atoms with van der Waals surface area (Å²) in [6.45, 7) is 1.81. The van der Waals surface area contributed by atoms with Crippen LogP contribution in [0, 0.1) is 12.7 Å². The van der Waals surface area contributed by atoms with E-state index in [2.05, 4.69) is 30.8 Å². The lowest BCUT2D eigenvalue weighted by atomic mass is 10.1. The molecule has 0 aliphatic heterocycles. The van der Waals surface area contributed by atoms with Gasteiger partial charge in [0, 0.05) is 18.0 Å². The van der Waals surface area contributed by atoms with Gasteiger partial charge in [-0.15, -0.1) is 0 Å². The van der Waals surface area contributed by atoms with Crippen LogP contribution in [-0.2, 0) is 0 Å². The number of amides is 2. The van der Waals surface area contributed by atoms with E-state index in [1.807, 2.05) is 6.92 Å². The summed E-state index contributed by atoms with van der Waals surface area (Å²) in [6, 6.07) is 9.03. The smallest absolute Gasteiger partial charge is 0.324 e. The number of halogens is 1. The molecule has 0 bridgehead atoms. The van der Waals surface area contributed by atoms with Gasteiger partial charge in [-0.2, -0.15) is 5.10 Å². The summed E-state index contributed by atoms with van der Waals surface area (Å²) in [7, 11) is 0. The minimum absolute atomic E-state index is 0.0976. The largest absolute Gasteiger partial charge is 0.382 e. The van der Waals surface area contributed by atoms with Gasteiger partial charge in [0.2, 0.25) is 0 Å². The Morgan fingerprint density at radius 1 is 1.14 bits per heavy atom. The zero-order valence-corrected chi connectivity index (χ0v) is 14.8. The number of urea groups is 1. The molecule has 0 atom stereocenters. The molecular weight excluding hydrogens is 361 g/mol.